The Hall–Kier alpha value is -2.70. The van der Waals surface area contributed by atoms with Crippen molar-refractivity contribution in [3.63, 3.8) is 0 Å². The summed E-state index contributed by atoms with van der Waals surface area (Å²) in [7, 11) is 0. The summed E-state index contributed by atoms with van der Waals surface area (Å²) >= 11 is 6.03. The van der Waals surface area contributed by atoms with Gasteiger partial charge in [0.15, 0.2) is 0 Å². The maximum Gasteiger partial charge on any atom is 0.253 e. The average Bonchev–Trinajstić information content (AvgIpc) is 2.80. The first-order chi connectivity index (χ1) is 15.6. The van der Waals surface area contributed by atoms with Crippen LogP contribution in [0.25, 0.3) is 10.9 Å². The van der Waals surface area contributed by atoms with Gasteiger partial charge in [-0.15, -0.1) is 0 Å². The van der Waals surface area contributed by atoms with Crippen LogP contribution in [0.2, 0.25) is 5.02 Å². The molecule has 2 aliphatic rings. The molecule has 0 radical (unpaired) electrons. The van der Waals surface area contributed by atoms with Gasteiger partial charge >= 0.3 is 0 Å². The van der Waals surface area contributed by atoms with Gasteiger partial charge in [-0.2, -0.15) is 0 Å². The lowest BCUT2D eigenvalue weighted by atomic mass is 9.99. The number of fused-ring (bicyclic) bond motifs is 3. The minimum absolute atomic E-state index is 0.0101. The number of aromatic nitrogens is 1. The second-order valence-corrected chi connectivity index (χ2v) is 8.96. The molecular formula is C25H29ClN4O2. The predicted molar refractivity (Wildman–Crippen MR) is 131 cm³/mol. The van der Waals surface area contributed by atoms with Gasteiger partial charge in [0.1, 0.15) is 5.75 Å². The van der Waals surface area contributed by atoms with Crippen LogP contribution >= 0.6 is 11.6 Å². The number of piperazine rings is 1. The van der Waals surface area contributed by atoms with Crippen LogP contribution in [0.1, 0.15) is 24.5 Å². The lowest BCUT2D eigenvalue weighted by Gasteiger charge is -2.36. The molecular weight excluding hydrogens is 424 g/mol. The molecule has 168 valence electrons. The predicted octanol–water partition coefficient (Wildman–Crippen LogP) is 4.26. The summed E-state index contributed by atoms with van der Waals surface area (Å²) in [6, 6.07) is 12.3. The Bertz CT molecular complexity index is 1170. The highest BCUT2D eigenvalue weighted by Gasteiger charge is 2.22. The van der Waals surface area contributed by atoms with Gasteiger partial charge in [0, 0.05) is 55.5 Å². The van der Waals surface area contributed by atoms with Crippen molar-refractivity contribution in [1.29, 1.82) is 0 Å². The highest BCUT2D eigenvalue weighted by Crippen LogP contribution is 2.36. The number of anilines is 2. The molecule has 2 aromatic carbocycles. The fraction of sp³-hybridized carbons (Fsp3) is 0.400. The number of rotatable bonds is 5. The van der Waals surface area contributed by atoms with E-state index in [0.717, 1.165) is 90.6 Å². The monoisotopic (exact) mass is 452 g/mol. The molecule has 0 saturated carbocycles. The number of aromatic amines is 1. The number of pyridine rings is 1. The minimum Gasteiger partial charge on any atom is -0.493 e. The van der Waals surface area contributed by atoms with E-state index in [-0.39, 0.29) is 5.56 Å². The molecule has 7 heteroatoms. The SMILES string of the molecule is CCOc1cc(CN2CCN(c3ccc(Cl)cc3)CC2)cc2[nH]c(=O)c3c(c12)NCCC3. The molecule has 3 heterocycles. The zero-order valence-electron chi connectivity index (χ0n) is 18.4. The van der Waals surface area contributed by atoms with Crippen LogP contribution < -0.4 is 20.5 Å². The van der Waals surface area contributed by atoms with E-state index in [1.165, 1.54) is 5.69 Å². The minimum atomic E-state index is 0.0101. The topological polar surface area (TPSA) is 60.6 Å². The van der Waals surface area contributed by atoms with Crippen LogP contribution in [0, 0.1) is 0 Å². The highest BCUT2D eigenvalue weighted by atomic mass is 35.5. The van der Waals surface area contributed by atoms with Crippen molar-refractivity contribution in [3.05, 3.63) is 62.9 Å². The highest BCUT2D eigenvalue weighted by molar-refractivity contribution is 6.30. The largest absolute Gasteiger partial charge is 0.493 e. The molecule has 0 spiro atoms. The van der Waals surface area contributed by atoms with E-state index >= 15 is 0 Å². The fourth-order valence-corrected chi connectivity index (χ4v) is 4.96. The van der Waals surface area contributed by atoms with Crippen LogP contribution in [0.5, 0.6) is 5.75 Å². The molecule has 0 aliphatic carbocycles. The molecule has 5 rings (SSSR count). The first kappa shape index (κ1) is 21.2. The molecule has 6 nitrogen and oxygen atoms in total. The van der Waals surface area contributed by atoms with Crippen molar-refractivity contribution in [2.45, 2.75) is 26.3 Å². The molecule has 1 saturated heterocycles. The van der Waals surface area contributed by atoms with Gasteiger partial charge in [-0.25, -0.2) is 0 Å². The van der Waals surface area contributed by atoms with Gasteiger partial charge < -0.3 is 19.9 Å². The normalized spacial score (nSPS) is 16.6. The van der Waals surface area contributed by atoms with Gasteiger partial charge in [0.2, 0.25) is 0 Å². The maximum atomic E-state index is 12.7. The Morgan fingerprint density at radius 2 is 1.88 bits per heavy atom. The summed E-state index contributed by atoms with van der Waals surface area (Å²) in [5.41, 5.74) is 5.03. The van der Waals surface area contributed by atoms with Crippen molar-refractivity contribution in [2.24, 2.45) is 0 Å². The van der Waals surface area contributed by atoms with Gasteiger partial charge in [-0.3, -0.25) is 9.69 Å². The van der Waals surface area contributed by atoms with Crippen molar-refractivity contribution >= 4 is 33.9 Å². The third-order valence-electron chi connectivity index (χ3n) is 6.41. The molecule has 0 amide bonds. The van der Waals surface area contributed by atoms with Crippen LogP contribution in [0.15, 0.2) is 41.2 Å². The molecule has 1 fully saturated rings. The van der Waals surface area contributed by atoms with Crippen LogP contribution in [-0.2, 0) is 13.0 Å². The summed E-state index contributed by atoms with van der Waals surface area (Å²) in [6.07, 6.45) is 1.78. The Labute approximate surface area is 193 Å². The van der Waals surface area contributed by atoms with Crippen LogP contribution in [0.4, 0.5) is 11.4 Å². The molecule has 2 aliphatic heterocycles. The Kier molecular flexibility index (Phi) is 5.98. The van der Waals surface area contributed by atoms with Gasteiger partial charge in [-0.05, 0) is 61.7 Å². The van der Waals surface area contributed by atoms with E-state index in [9.17, 15) is 4.79 Å². The van der Waals surface area contributed by atoms with E-state index in [1.54, 1.807) is 0 Å². The Balaban J connectivity index is 1.38. The lowest BCUT2D eigenvalue weighted by Crippen LogP contribution is -2.45. The summed E-state index contributed by atoms with van der Waals surface area (Å²) in [4.78, 5) is 20.6. The van der Waals surface area contributed by atoms with E-state index in [2.05, 4.69) is 44.4 Å². The number of H-pyrrole nitrogens is 1. The zero-order chi connectivity index (χ0) is 22.1. The van der Waals surface area contributed by atoms with E-state index in [0.29, 0.717) is 6.61 Å². The van der Waals surface area contributed by atoms with Crippen molar-refractivity contribution in [1.82, 2.24) is 9.88 Å². The van der Waals surface area contributed by atoms with E-state index in [4.69, 9.17) is 16.3 Å². The third-order valence-corrected chi connectivity index (χ3v) is 6.66. The Morgan fingerprint density at radius 3 is 2.62 bits per heavy atom. The Morgan fingerprint density at radius 1 is 1.09 bits per heavy atom. The van der Waals surface area contributed by atoms with Crippen molar-refractivity contribution in [2.75, 3.05) is 49.5 Å². The molecule has 0 atom stereocenters. The molecule has 1 aromatic heterocycles. The quantitative estimate of drug-likeness (QED) is 0.605. The summed E-state index contributed by atoms with van der Waals surface area (Å²) in [6.45, 7) is 8.21. The number of nitrogens with one attached hydrogen (secondary N) is 2. The number of hydrogen-bond acceptors (Lipinski definition) is 5. The smallest absolute Gasteiger partial charge is 0.253 e. The zero-order valence-corrected chi connectivity index (χ0v) is 19.2. The molecule has 0 bridgehead atoms. The number of benzene rings is 2. The first-order valence-corrected chi connectivity index (χ1v) is 11.8. The van der Waals surface area contributed by atoms with Gasteiger partial charge in [0.05, 0.1) is 23.2 Å². The third kappa shape index (κ3) is 4.17. The second-order valence-electron chi connectivity index (χ2n) is 8.53. The van der Waals surface area contributed by atoms with Gasteiger partial charge in [-0.1, -0.05) is 11.6 Å². The standard InChI is InChI=1S/C25H29ClN4O2/c1-2-32-22-15-17(14-21-23(22)24-20(25(31)28-21)4-3-9-27-24)16-29-10-12-30(13-11-29)19-7-5-18(26)6-8-19/h5-8,14-15,27H,2-4,9-13,16H2,1H3,(H,28,31). The lowest BCUT2D eigenvalue weighted by molar-refractivity contribution is 0.249. The fourth-order valence-electron chi connectivity index (χ4n) is 4.84. The summed E-state index contributed by atoms with van der Waals surface area (Å²) in [5, 5.41) is 5.21. The number of halogens is 1. The van der Waals surface area contributed by atoms with Crippen molar-refractivity contribution in [3.8, 4) is 5.75 Å². The van der Waals surface area contributed by atoms with E-state index in [1.807, 2.05) is 19.1 Å². The number of nitrogens with zero attached hydrogens (tertiary/aromatic N) is 2. The van der Waals surface area contributed by atoms with Crippen molar-refractivity contribution < 1.29 is 4.74 Å². The number of ether oxygens (including phenoxy) is 1. The molecule has 0 unspecified atom stereocenters. The van der Waals surface area contributed by atoms with Crippen LogP contribution in [-0.4, -0.2) is 49.2 Å². The summed E-state index contributed by atoms with van der Waals surface area (Å²) < 4.78 is 6.04. The average molecular weight is 453 g/mol. The second kappa shape index (κ2) is 9.04. The molecule has 3 aromatic rings. The molecule has 32 heavy (non-hydrogen) atoms. The van der Waals surface area contributed by atoms with Gasteiger partial charge in [0.25, 0.3) is 5.56 Å². The summed E-state index contributed by atoms with van der Waals surface area (Å²) in [5.74, 6) is 0.849. The van der Waals surface area contributed by atoms with E-state index < -0.39 is 0 Å². The number of hydrogen-bond donors (Lipinski definition) is 2. The maximum absolute atomic E-state index is 12.7. The van der Waals surface area contributed by atoms with Crippen LogP contribution in [0.3, 0.4) is 0 Å². The first-order valence-electron chi connectivity index (χ1n) is 11.4. The molecule has 2 N–H and O–H groups in total.